The molecule has 9 nitrogen and oxygen atoms in total. The van der Waals surface area contributed by atoms with E-state index in [2.05, 4.69) is 15.3 Å². The molecule has 0 aliphatic heterocycles. The van der Waals surface area contributed by atoms with Gasteiger partial charge in [0, 0.05) is 24.8 Å². The van der Waals surface area contributed by atoms with E-state index in [1.54, 1.807) is 26.0 Å². The van der Waals surface area contributed by atoms with Gasteiger partial charge in [0.2, 0.25) is 15.9 Å². The molecule has 2 rings (SSSR count). The van der Waals surface area contributed by atoms with Crippen molar-refractivity contribution in [3.8, 4) is 0 Å². The number of anilines is 2. The molecule has 0 saturated carbocycles. The van der Waals surface area contributed by atoms with Gasteiger partial charge in [0.1, 0.15) is 5.82 Å². The number of nitrogens with two attached hydrogens (primary N) is 1. The van der Waals surface area contributed by atoms with Crippen LogP contribution < -0.4 is 16.6 Å². The van der Waals surface area contributed by atoms with Gasteiger partial charge in [-0.2, -0.15) is 4.31 Å². The molecular formula is C16H21N5O4S2. The van der Waals surface area contributed by atoms with Gasteiger partial charge >= 0.3 is 0 Å². The predicted molar refractivity (Wildman–Crippen MR) is 105 cm³/mol. The summed E-state index contributed by atoms with van der Waals surface area (Å²) >= 11 is 1.01. The van der Waals surface area contributed by atoms with E-state index < -0.39 is 15.6 Å². The molecule has 0 unspecified atom stereocenters. The third-order valence-corrected chi connectivity index (χ3v) is 6.46. The van der Waals surface area contributed by atoms with Crippen molar-refractivity contribution >= 4 is 39.2 Å². The highest BCUT2D eigenvalue weighted by molar-refractivity contribution is 7.99. The van der Waals surface area contributed by atoms with E-state index in [9.17, 15) is 18.0 Å². The number of nitrogen functional groups attached to an aromatic ring is 1. The highest BCUT2D eigenvalue weighted by atomic mass is 32.2. The molecule has 1 heterocycles. The van der Waals surface area contributed by atoms with E-state index in [1.165, 1.54) is 16.4 Å². The van der Waals surface area contributed by atoms with Crippen LogP contribution in [0.2, 0.25) is 0 Å². The quantitative estimate of drug-likeness (QED) is 0.437. The number of thioether (sulfide) groups is 1. The number of hydrogen-bond acceptors (Lipinski definition) is 7. The molecule has 0 spiro atoms. The highest BCUT2D eigenvalue weighted by Gasteiger charge is 2.21. The predicted octanol–water partition coefficient (Wildman–Crippen LogP) is 1.11. The largest absolute Gasteiger partial charge is 0.383 e. The van der Waals surface area contributed by atoms with Gasteiger partial charge in [0.25, 0.3) is 5.56 Å². The van der Waals surface area contributed by atoms with Gasteiger partial charge in [-0.3, -0.25) is 9.59 Å². The van der Waals surface area contributed by atoms with Crippen molar-refractivity contribution in [3.63, 3.8) is 0 Å². The smallest absolute Gasteiger partial charge is 0.253 e. The second-order valence-corrected chi connectivity index (χ2v) is 8.33. The number of aromatic amines is 1. The van der Waals surface area contributed by atoms with E-state index in [0.717, 1.165) is 17.8 Å². The van der Waals surface area contributed by atoms with Crippen LogP contribution in [0.4, 0.5) is 11.5 Å². The number of hydrogen-bond donors (Lipinski definition) is 3. The molecule has 4 N–H and O–H groups in total. The van der Waals surface area contributed by atoms with Gasteiger partial charge in [-0.25, -0.2) is 13.4 Å². The third kappa shape index (κ3) is 5.55. The Balaban J connectivity index is 2.07. The molecule has 11 heteroatoms. The summed E-state index contributed by atoms with van der Waals surface area (Å²) in [4.78, 5) is 30.0. The summed E-state index contributed by atoms with van der Waals surface area (Å²) in [5, 5.41) is 2.86. The molecule has 27 heavy (non-hydrogen) atoms. The van der Waals surface area contributed by atoms with E-state index in [1.807, 2.05) is 0 Å². The van der Waals surface area contributed by atoms with Crippen molar-refractivity contribution in [2.75, 3.05) is 29.9 Å². The SMILES string of the molecule is CCN(CC)S(=O)(=O)c1cccc(NC(=O)CSc2nc(N)cc(=O)[nH]2)c1. The fraction of sp³-hybridized carbons (Fsp3) is 0.312. The number of carbonyl (C=O) groups excluding carboxylic acids is 1. The maximum Gasteiger partial charge on any atom is 0.253 e. The highest BCUT2D eigenvalue weighted by Crippen LogP contribution is 2.20. The molecule has 1 aromatic carbocycles. The Morgan fingerprint density at radius 3 is 2.63 bits per heavy atom. The number of H-pyrrole nitrogens is 1. The first-order valence-electron chi connectivity index (χ1n) is 8.16. The molecule has 0 bridgehead atoms. The number of rotatable bonds is 8. The molecule has 2 aromatic rings. The summed E-state index contributed by atoms with van der Waals surface area (Å²) in [7, 11) is -3.61. The molecule has 1 amide bonds. The normalized spacial score (nSPS) is 11.5. The monoisotopic (exact) mass is 411 g/mol. The zero-order valence-corrected chi connectivity index (χ0v) is 16.6. The second-order valence-electron chi connectivity index (χ2n) is 5.43. The van der Waals surface area contributed by atoms with Crippen LogP contribution in [0.5, 0.6) is 0 Å². The Bertz CT molecular complexity index is 971. The average molecular weight is 412 g/mol. The Morgan fingerprint density at radius 1 is 1.30 bits per heavy atom. The van der Waals surface area contributed by atoms with Gasteiger partial charge in [-0.1, -0.05) is 31.7 Å². The van der Waals surface area contributed by atoms with Gasteiger partial charge < -0.3 is 16.0 Å². The first kappa shape index (κ1) is 20.9. The Kier molecular flexibility index (Phi) is 6.99. The van der Waals surface area contributed by atoms with Crippen molar-refractivity contribution in [2.45, 2.75) is 23.9 Å². The molecule has 0 aliphatic rings. The third-order valence-electron chi connectivity index (χ3n) is 3.54. The zero-order valence-electron chi connectivity index (χ0n) is 14.9. The lowest BCUT2D eigenvalue weighted by molar-refractivity contribution is -0.113. The van der Waals surface area contributed by atoms with Crippen LogP contribution in [-0.2, 0) is 14.8 Å². The fourth-order valence-corrected chi connectivity index (χ4v) is 4.49. The zero-order chi connectivity index (χ0) is 20.0. The van der Waals surface area contributed by atoms with Gasteiger partial charge in [-0.15, -0.1) is 0 Å². The lowest BCUT2D eigenvalue weighted by Gasteiger charge is -2.18. The molecule has 0 radical (unpaired) electrons. The van der Waals surface area contributed by atoms with Crippen molar-refractivity contribution in [1.29, 1.82) is 0 Å². The number of aromatic nitrogens is 2. The molecule has 0 atom stereocenters. The molecule has 146 valence electrons. The Hall–Kier alpha value is -2.37. The minimum atomic E-state index is -3.61. The Labute approximate surface area is 161 Å². The van der Waals surface area contributed by atoms with Crippen LogP contribution in [0.15, 0.2) is 45.2 Å². The van der Waals surface area contributed by atoms with Crippen LogP contribution in [-0.4, -0.2) is 47.4 Å². The summed E-state index contributed by atoms with van der Waals surface area (Å²) < 4.78 is 26.5. The first-order valence-corrected chi connectivity index (χ1v) is 10.6. The number of carbonyl (C=O) groups is 1. The Morgan fingerprint density at radius 2 is 2.00 bits per heavy atom. The average Bonchev–Trinajstić information content (AvgIpc) is 2.60. The minimum Gasteiger partial charge on any atom is -0.383 e. The molecular weight excluding hydrogens is 390 g/mol. The van der Waals surface area contributed by atoms with Crippen molar-refractivity contribution < 1.29 is 13.2 Å². The van der Waals surface area contributed by atoms with Crippen LogP contribution in [0.25, 0.3) is 0 Å². The van der Waals surface area contributed by atoms with Gasteiger partial charge in [0.15, 0.2) is 5.16 Å². The minimum absolute atomic E-state index is 0.0284. The van der Waals surface area contributed by atoms with E-state index in [4.69, 9.17) is 5.73 Å². The topological polar surface area (TPSA) is 138 Å². The van der Waals surface area contributed by atoms with Gasteiger partial charge in [0.05, 0.1) is 10.6 Å². The summed E-state index contributed by atoms with van der Waals surface area (Å²) in [5.74, 6) is -0.335. The summed E-state index contributed by atoms with van der Waals surface area (Å²) in [6.07, 6.45) is 0. The van der Waals surface area contributed by atoms with E-state index in [0.29, 0.717) is 18.8 Å². The number of benzene rings is 1. The van der Waals surface area contributed by atoms with Gasteiger partial charge in [-0.05, 0) is 18.2 Å². The van der Waals surface area contributed by atoms with Crippen LogP contribution in [0, 0.1) is 0 Å². The van der Waals surface area contributed by atoms with Crippen LogP contribution in [0.3, 0.4) is 0 Å². The summed E-state index contributed by atoms with van der Waals surface area (Å²) in [6.45, 7) is 4.24. The lowest BCUT2D eigenvalue weighted by Crippen LogP contribution is -2.30. The number of sulfonamides is 1. The van der Waals surface area contributed by atoms with Crippen molar-refractivity contribution in [2.24, 2.45) is 0 Å². The maximum absolute atomic E-state index is 12.6. The molecule has 0 aliphatic carbocycles. The molecule has 1 aromatic heterocycles. The fourth-order valence-electron chi connectivity index (χ4n) is 2.30. The number of nitrogens with zero attached hydrogens (tertiary/aromatic N) is 2. The van der Waals surface area contributed by atoms with Crippen LogP contribution in [0.1, 0.15) is 13.8 Å². The standard InChI is InChI=1S/C16H21N5O4S2/c1-3-21(4-2)27(24,25)12-7-5-6-11(8-12)18-15(23)10-26-16-19-13(17)9-14(22)20-16/h5-9H,3-4,10H2,1-2H3,(H,18,23)(H3,17,19,20,22). The second kappa shape index (κ2) is 9.02. The van der Waals surface area contributed by atoms with E-state index >= 15 is 0 Å². The van der Waals surface area contributed by atoms with Crippen molar-refractivity contribution in [1.82, 2.24) is 14.3 Å². The van der Waals surface area contributed by atoms with Crippen molar-refractivity contribution in [3.05, 3.63) is 40.7 Å². The first-order chi connectivity index (χ1) is 12.8. The molecule has 0 fully saturated rings. The maximum atomic E-state index is 12.6. The number of nitrogens with one attached hydrogen (secondary N) is 2. The van der Waals surface area contributed by atoms with E-state index in [-0.39, 0.29) is 27.5 Å². The van der Waals surface area contributed by atoms with Crippen LogP contribution >= 0.6 is 11.8 Å². The molecule has 0 saturated heterocycles. The summed E-state index contributed by atoms with van der Waals surface area (Å²) in [5.41, 5.74) is 5.45. The lowest BCUT2D eigenvalue weighted by atomic mass is 10.3. The number of amides is 1. The summed E-state index contributed by atoms with van der Waals surface area (Å²) in [6, 6.07) is 7.21.